The number of anilines is 1. The van der Waals surface area contributed by atoms with E-state index in [2.05, 4.69) is 45.4 Å². The van der Waals surface area contributed by atoms with Gasteiger partial charge in [-0.3, -0.25) is 5.10 Å². The number of hydrogen-bond acceptors (Lipinski definition) is 3. The van der Waals surface area contributed by atoms with Gasteiger partial charge in [-0.25, -0.2) is 0 Å². The van der Waals surface area contributed by atoms with Gasteiger partial charge in [0, 0.05) is 18.8 Å². The molecule has 0 bridgehead atoms. The van der Waals surface area contributed by atoms with Crippen molar-refractivity contribution in [2.75, 3.05) is 24.2 Å². The number of nitrogens with one attached hydrogen (secondary N) is 1. The van der Waals surface area contributed by atoms with Crippen LogP contribution in [0, 0.1) is 0 Å². The Kier molecular flexibility index (Phi) is 3.78. The second-order valence-electron chi connectivity index (χ2n) is 4.92. The maximum atomic E-state index is 4.25. The first-order valence-corrected chi connectivity index (χ1v) is 8.04. The van der Waals surface area contributed by atoms with Crippen LogP contribution in [-0.4, -0.2) is 29.5 Å². The minimum Gasteiger partial charge on any atom is -0.372 e. The molecule has 3 nitrogen and oxygen atoms in total. The van der Waals surface area contributed by atoms with Crippen molar-refractivity contribution < 1.29 is 0 Å². The Morgan fingerprint density at radius 3 is 2.47 bits per heavy atom. The fraction of sp³-hybridized carbons (Fsp3) is 0.400. The monoisotopic (exact) mass is 273 g/mol. The van der Waals surface area contributed by atoms with Crippen molar-refractivity contribution in [3.63, 3.8) is 0 Å². The van der Waals surface area contributed by atoms with Crippen LogP contribution in [0.2, 0.25) is 0 Å². The predicted octanol–water partition coefficient (Wildman–Crippen LogP) is 3.79. The lowest BCUT2D eigenvalue weighted by Gasteiger charge is -2.28. The van der Waals surface area contributed by atoms with E-state index in [4.69, 9.17) is 0 Å². The van der Waals surface area contributed by atoms with Gasteiger partial charge in [0.25, 0.3) is 0 Å². The van der Waals surface area contributed by atoms with E-state index in [1.165, 1.54) is 43.6 Å². The molecule has 0 unspecified atom stereocenters. The smallest absolute Gasteiger partial charge is 0.118 e. The molecule has 2 heterocycles. The molecule has 0 atom stereocenters. The van der Waals surface area contributed by atoms with Gasteiger partial charge in [-0.1, -0.05) is 12.1 Å². The van der Waals surface area contributed by atoms with E-state index >= 15 is 0 Å². The minimum atomic E-state index is 1.04. The second kappa shape index (κ2) is 5.70. The molecule has 1 aromatic carbocycles. The zero-order valence-corrected chi connectivity index (χ0v) is 12.0. The van der Waals surface area contributed by atoms with Crippen molar-refractivity contribution in [2.45, 2.75) is 24.3 Å². The first-order chi connectivity index (χ1) is 9.36. The summed E-state index contributed by atoms with van der Waals surface area (Å²) in [5, 5.41) is 8.38. The lowest BCUT2D eigenvalue weighted by molar-refractivity contribution is 0.578. The molecule has 1 aromatic heterocycles. The van der Waals surface area contributed by atoms with Crippen LogP contribution in [0.4, 0.5) is 5.69 Å². The third-order valence-corrected chi connectivity index (χ3v) is 4.29. The zero-order valence-electron chi connectivity index (χ0n) is 11.2. The van der Waals surface area contributed by atoms with E-state index < -0.39 is 0 Å². The van der Waals surface area contributed by atoms with Crippen LogP contribution in [0.1, 0.15) is 19.3 Å². The molecule has 3 rings (SSSR count). The molecule has 1 saturated heterocycles. The van der Waals surface area contributed by atoms with Crippen LogP contribution < -0.4 is 4.90 Å². The fourth-order valence-corrected chi connectivity index (χ4v) is 2.93. The second-order valence-corrected chi connectivity index (χ2v) is 5.75. The van der Waals surface area contributed by atoms with Crippen molar-refractivity contribution in [3.05, 3.63) is 30.3 Å². The third-order valence-electron chi connectivity index (χ3n) is 3.66. The first-order valence-electron chi connectivity index (χ1n) is 6.81. The number of piperidine rings is 1. The third kappa shape index (κ3) is 2.78. The van der Waals surface area contributed by atoms with E-state index in [0.717, 1.165) is 10.7 Å². The fourth-order valence-electron chi connectivity index (χ4n) is 2.56. The van der Waals surface area contributed by atoms with Crippen molar-refractivity contribution in [2.24, 2.45) is 0 Å². The van der Waals surface area contributed by atoms with Crippen molar-refractivity contribution in [1.29, 1.82) is 0 Å². The summed E-state index contributed by atoms with van der Waals surface area (Å²) in [7, 11) is 0. The Balaban J connectivity index is 1.78. The van der Waals surface area contributed by atoms with Gasteiger partial charge in [0.15, 0.2) is 0 Å². The topological polar surface area (TPSA) is 31.9 Å². The van der Waals surface area contributed by atoms with Crippen LogP contribution in [0.25, 0.3) is 11.3 Å². The van der Waals surface area contributed by atoms with Gasteiger partial charge in [-0.05, 0) is 49.3 Å². The molecule has 100 valence electrons. The maximum Gasteiger partial charge on any atom is 0.118 e. The summed E-state index contributed by atoms with van der Waals surface area (Å²) in [6, 6.07) is 10.9. The summed E-state index contributed by atoms with van der Waals surface area (Å²) >= 11 is 1.66. The van der Waals surface area contributed by atoms with E-state index in [9.17, 15) is 0 Å². The van der Waals surface area contributed by atoms with Crippen LogP contribution in [0.15, 0.2) is 35.4 Å². The average molecular weight is 273 g/mol. The first kappa shape index (κ1) is 12.6. The lowest BCUT2D eigenvalue weighted by atomic mass is 10.1. The Morgan fingerprint density at radius 2 is 1.84 bits per heavy atom. The summed E-state index contributed by atoms with van der Waals surface area (Å²) in [6.45, 7) is 2.39. The van der Waals surface area contributed by atoms with Gasteiger partial charge in [0.1, 0.15) is 5.03 Å². The van der Waals surface area contributed by atoms with Crippen molar-refractivity contribution in [3.8, 4) is 11.3 Å². The Morgan fingerprint density at radius 1 is 1.11 bits per heavy atom. The molecule has 1 aliphatic rings. The van der Waals surface area contributed by atoms with E-state index in [1.54, 1.807) is 11.8 Å². The number of benzene rings is 1. The van der Waals surface area contributed by atoms with Gasteiger partial charge in [0.2, 0.25) is 0 Å². The summed E-state index contributed by atoms with van der Waals surface area (Å²) in [6.07, 6.45) is 6.05. The Hall–Kier alpha value is -1.42. The van der Waals surface area contributed by atoms with Crippen LogP contribution in [0.5, 0.6) is 0 Å². The number of aromatic amines is 1. The van der Waals surface area contributed by atoms with Crippen LogP contribution in [0.3, 0.4) is 0 Å². The maximum absolute atomic E-state index is 4.25. The SMILES string of the molecule is CSc1cc(-c2ccc(N3CCCCC3)cc2)[nH]n1. The molecule has 1 fully saturated rings. The number of thioether (sulfide) groups is 1. The summed E-state index contributed by atoms with van der Waals surface area (Å²) < 4.78 is 0. The largest absolute Gasteiger partial charge is 0.372 e. The normalized spacial score (nSPS) is 15.7. The molecule has 0 saturated carbocycles. The van der Waals surface area contributed by atoms with Gasteiger partial charge in [0.05, 0.1) is 5.69 Å². The van der Waals surface area contributed by atoms with Crippen LogP contribution >= 0.6 is 11.8 Å². The summed E-state index contributed by atoms with van der Waals surface area (Å²) in [4.78, 5) is 2.48. The average Bonchev–Trinajstić information content (AvgIpc) is 2.97. The Bertz CT molecular complexity index is 527. The van der Waals surface area contributed by atoms with E-state index in [-0.39, 0.29) is 0 Å². The van der Waals surface area contributed by atoms with Gasteiger partial charge in [-0.15, -0.1) is 11.8 Å². The number of nitrogens with zero attached hydrogens (tertiary/aromatic N) is 2. The molecule has 0 amide bonds. The molecular formula is C15H19N3S. The minimum absolute atomic E-state index is 1.04. The van der Waals surface area contributed by atoms with Crippen molar-refractivity contribution in [1.82, 2.24) is 10.2 Å². The molecule has 19 heavy (non-hydrogen) atoms. The summed E-state index contributed by atoms with van der Waals surface area (Å²) in [5.74, 6) is 0. The highest BCUT2D eigenvalue weighted by Crippen LogP contribution is 2.25. The predicted molar refractivity (Wildman–Crippen MR) is 81.9 cm³/mol. The molecule has 4 heteroatoms. The molecule has 0 radical (unpaired) electrons. The zero-order chi connectivity index (χ0) is 13.1. The molecule has 0 aliphatic carbocycles. The van der Waals surface area contributed by atoms with Gasteiger partial charge < -0.3 is 4.90 Å². The van der Waals surface area contributed by atoms with Crippen LogP contribution in [-0.2, 0) is 0 Å². The molecule has 0 spiro atoms. The number of hydrogen-bond donors (Lipinski definition) is 1. The molecular weight excluding hydrogens is 254 g/mol. The number of rotatable bonds is 3. The van der Waals surface area contributed by atoms with E-state index in [0.29, 0.717) is 0 Å². The molecule has 1 N–H and O–H groups in total. The standard InChI is InChI=1S/C15H19N3S/c1-19-15-11-14(16-17-15)12-5-7-13(8-6-12)18-9-3-2-4-10-18/h5-8,11H,2-4,9-10H2,1H3,(H,16,17). The van der Waals surface area contributed by atoms with Gasteiger partial charge in [-0.2, -0.15) is 5.10 Å². The quantitative estimate of drug-likeness (QED) is 0.863. The Labute approximate surface area is 118 Å². The van der Waals surface area contributed by atoms with Gasteiger partial charge >= 0.3 is 0 Å². The number of H-pyrrole nitrogens is 1. The van der Waals surface area contributed by atoms with E-state index in [1.807, 2.05) is 6.26 Å². The highest BCUT2D eigenvalue weighted by molar-refractivity contribution is 7.98. The lowest BCUT2D eigenvalue weighted by Crippen LogP contribution is -2.29. The molecule has 1 aliphatic heterocycles. The number of aromatic nitrogens is 2. The highest BCUT2D eigenvalue weighted by atomic mass is 32.2. The summed E-state index contributed by atoms with van der Waals surface area (Å²) in [5.41, 5.74) is 3.64. The molecule has 2 aromatic rings. The highest BCUT2D eigenvalue weighted by Gasteiger charge is 2.11. The van der Waals surface area contributed by atoms with Crippen molar-refractivity contribution >= 4 is 17.4 Å².